The molecule has 2 amide bonds. The smallest absolute Gasteiger partial charge is 0.348 e. The van der Waals surface area contributed by atoms with E-state index in [1.165, 1.54) is 11.3 Å². The molecule has 120 valence electrons. The van der Waals surface area contributed by atoms with E-state index in [1.807, 2.05) is 12.1 Å². The van der Waals surface area contributed by atoms with Crippen molar-refractivity contribution in [2.75, 3.05) is 13.2 Å². The average molecular weight is 353 g/mol. The lowest BCUT2D eigenvalue weighted by molar-refractivity contribution is -0.127. The van der Waals surface area contributed by atoms with Crippen LogP contribution in [0, 0.1) is 0 Å². The van der Waals surface area contributed by atoms with Crippen LogP contribution in [0.15, 0.2) is 36.4 Å². The number of benzene rings is 1. The fourth-order valence-corrected chi connectivity index (χ4v) is 2.69. The van der Waals surface area contributed by atoms with Crippen molar-refractivity contribution in [3.63, 3.8) is 0 Å². The van der Waals surface area contributed by atoms with Gasteiger partial charge < -0.3 is 15.8 Å². The summed E-state index contributed by atoms with van der Waals surface area (Å²) in [6.07, 6.45) is 0. The van der Waals surface area contributed by atoms with Crippen molar-refractivity contribution >= 4 is 40.7 Å². The maximum Gasteiger partial charge on any atom is 0.348 e. The molecule has 1 aromatic carbocycles. The highest BCUT2D eigenvalue weighted by atomic mass is 35.5. The summed E-state index contributed by atoms with van der Waals surface area (Å²) < 4.78 is 4.88. The molecular formula is C15H13ClN2O4S. The van der Waals surface area contributed by atoms with E-state index in [-0.39, 0.29) is 6.54 Å². The van der Waals surface area contributed by atoms with Gasteiger partial charge in [-0.2, -0.15) is 0 Å². The van der Waals surface area contributed by atoms with Crippen molar-refractivity contribution in [3.05, 3.63) is 46.3 Å². The molecule has 1 heterocycles. The zero-order valence-electron chi connectivity index (χ0n) is 11.9. The molecule has 23 heavy (non-hydrogen) atoms. The number of hydrogen-bond acceptors (Lipinski definition) is 5. The molecule has 0 aliphatic heterocycles. The third kappa shape index (κ3) is 5.08. The molecule has 0 radical (unpaired) electrons. The number of ether oxygens (including phenoxy) is 1. The van der Waals surface area contributed by atoms with Crippen molar-refractivity contribution in [1.82, 2.24) is 5.32 Å². The summed E-state index contributed by atoms with van der Waals surface area (Å²) in [6, 6.07) is 10.6. The van der Waals surface area contributed by atoms with Crippen LogP contribution in [0.3, 0.4) is 0 Å². The minimum Gasteiger partial charge on any atom is -0.451 e. The number of nitrogens with two attached hydrogens (primary N) is 1. The zero-order valence-corrected chi connectivity index (χ0v) is 13.4. The summed E-state index contributed by atoms with van der Waals surface area (Å²) in [5, 5.41) is 2.86. The lowest BCUT2D eigenvalue weighted by atomic mass is 10.2. The Hall–Kier alpha value is -2.38. The SMILES string of the molecule is NC(=O)CNC(=O)COC(=O)c1ccc(-c2ccc(Cl)cc2)s1. The lowest BCUT2D eigenvalue weighted by Gasteiger charge is -2.03. The van der Waals surface area contributed by atoms with Crippen molar-refractivity contribution in [1.29, 1.82) is 0 Å². The highest BCUT2D eigenvalue weighted by Crippen LogP contribution is 2.29. The van der Waals surface area contributed by atoms with Crippen LogP contribution in [0.1, 0.15) is 9.67 Å². The molecule has 0 aliphatic carbocycles. The van der Waals surface area contributed by atoms with Crippen LogP contribution in [0.25, 0.3) is 10.4 Å². The van der Waals surface area contributed by atoms with Crippen LogP contribution in [-0.4, -0.2) is 30.9 Å². The van der Waals surface area contributed by atoms with Gasteiger partial charge in [0.1, 0.15) is 4.88 Å². The van der Waals surface area contributed by atoms with E-state index in [2.05, 4.69) is 5.32 Å². The number of carbonyl (C=O) groups excluding carboxylic acids is 3. The Kier molecular flexibility index (Phi) is 5.72. The Morgan fingerprint density at radius 1 is 1.13 bits per heavy atom. The van der Waals surface area contributed by atoms with Gasteiger partial charge in [-0.3, -0.25) is 9.59 Å². The second-order valence-corrected chi connectivity index (χ2v) is 6.01. The monoisotopic (exact) mass is 352 g/mol. The van der Waals surface area contributed by atoms with Crippen LogP contribution < -0.4 is 11.1 Å². The highest BCUT2D eigenvalue weighted by Gasteiger charge is 2.13. The Balaban J connectivity index is 1.92. The molecule has 1 aromatic heterocycles. The van der Waals surface area contributed by atoms with Gasteiger partial charge in [0.2, 0.25) is 5.91 Å². The quantitative estimate of drug-likeness (QED) is 0.775. The molecule has 0 unspecified atom stereocenters. The molecule has 2 aromatic rings. The fourth-order valence-electron chi connectivity index (χ4n) is 1.66. The van der Waals surface area contributed by atoms with Crippen molar-refractivity contribution in [2.45, 2.75) is 0 Å². The number of amides is 2. The standard InChI is InChI=1S/C15H13ClN2O4S/c16-10-3-1-9(2-4-10)11-5-6-12(23-11)15(21)22-8-14(20)18-7-13(17)19/h1-6H,7-8H2,(H2,17,19)(H,18,20). The number of thiophene rings is 1. The molecule has 8 heteroatoms. The van der Waals surface area contributed by atoms with Crippen molar-refractivity contribution in [3.8, 4) is 10.4 Å². The van der Waals surface area contributed by atoms with E-state index in [0.717, 1.165) is 10.4 Å². The first kappa shape index (κ1) is 17.0. The summed E-state index contributed by atoms with van der Waals surface area (Å²) in [6.45, 7) is -0.767. The first-order valence-electron chi connectivity index (χ1n) is 6.53. The van der Waals surface area contributed by atoms with Crippen LogP contribution in [-0.2, 0) is 14.3 Å². The molecule has 6 nitrogen and oxygen atoms in total. The molecule has 0 bridgehead atoms. The summed E-state index contributed by atoms with van der Waals surface area (Å²) >= 11 is 7.08. The van der Waals surface area contributed by atoms with Gasteiger partial charge in [-0.1, -0.05) is 23.7 Å². The number of primary amides is 1. The number of halogens is 1. The Morgan fingerprint density at radius 3 is 2.48 bits per heavy atom. The summed E-state index contributed by atoms with van der Waals surface area (Å²) in [5.74, 6) is -1.87. The van der Waals surface area contributed by atoms with Crippen LogP contribution >= 0.6 is 22.9 Å². The summed E-state index contributed by atoms with van der Waals surface area (Å²) in [4.78, 5) is 35.0. The summed E-state index contributed by atoms with van der Waals surface area (Å²) in [7, 11) is 0. The normalized spacial score (nSPS) is 10.1. The van der Waals surface area contributed by atoms with Crippen molar-refractivity contribution < 1.29 is 19.1 Å². The van der Waals surface area contributed by atoms with E-state index >= 15 is 0 Å². The number of nitrogens with one attached hydrogen (secondary N) is 1. The minimum absolute atomic E-state index is 0.296. The first-order chi connectivity index (χ1) is 11.0. The van der Waals surface area contributed by atoms with E-state index in [0.29, 0.717) is 9.90 Å². The summed E-state index contributed by atoms with van der Waals surface area (Å²) in [5.41, 5.74) is 5.82. The molecule has 0 fully saturated rings. The molecule has 2 rings (SSSR count). The Morgan fingerprint density at radius 2 is 1.83 bits per heavy atom. The van der Waals surface area contributed by atoms with Crippen LogP contribution in [0.2, 0.25) is 5.02 Å². The molecule has 3 N–H and O–H groups in total. The number of hydrogen-bond donors (Lipinski definition) is 2. The van der Waals surface area contributed by atoms with E-state index in [4.69, 9.17) is 22.1 Å². The molecule has 0 saturated heterocycles. The van der Waals surface area contributed by atoms with Gasteiger partial charge in [-0.25, -0.2) is 4.79 Å². The Labute approximate surface area is 141 Å². The molecule has 0 atom stereocenters. The predicted octanol–water partition coefficient (Wildman–Crippen LogP) is 1.83. The number of rotatable bonds is 6. The van der Waals surface area contributed by atoms with Gasteiger partial charge in [0.25, 0.3) is 5.91 Å². The number of esters is 1. The highest BCUT2D eigenvalue weighted by molar-refractivity contribution is 7.17. The second kappa shape index (κ2) is 7.75. The van der Waals surface area contributed by atoms with Gasteiger partial charge in [-0.05, 0) is 29.8 Å². The molecule has 0 saturated carbocycles. The van der Waals surface area contributed by atoms with Gasteiger partial charge in [-0.15, -0.1) is 11.3 Å². The van der Waals surface area contributed by atoms with Gasteiger partial charge in [0, 0.05) is 9.90 Å². The third-order valence-corrected chi connectivity index (χ3v) is 4.10. The fraction of sp³-hybridized carbons (Fsp3) is 0.133. The molecular weight excluding hydrogens is 340 g/mol. The molecule has 0 spiro atoms. The lowest BCUT2D eigenvalue weighted by Crippen LogP contribution is -2.35. The largest absolute Gasteiger partial charge is 0.451 e. The first-order valence-corrected chi connectivity index (χ1v) is 7.73. The Bertz CT molecular complexity index is 727. The van der Waals surface area contributed by atoms with Crippen molar-refractivity contribution in [2.24, 2.45) is 5.73 Å². The molecule has 0 aliphatic rings. The van der Waals surface area contributed by atoms with Gasteiger partial charge in [0.15, 0.2) is 6.61 Å². The maximum absolute atomic E-state index is 11.9. The van der Waals surface area contributed by atoms with Gasteiger partial charge >= 0.3 is 5.97 Å². The van der Waals surface area contributed by atoms with Gasteiger partial charge in [0.05, 0.1) is 6.54 Å². The van der Waals surface area contributed by atoms with Crippen LogP contribution in [0.4, 0.5) is 0 Å². The minimum atomic E-state index is -0.671. The second-order valence-electron chi connectivity index (χ2n) is 4.49. The van der Waals surface area contributed by atoms with E-state index in [1.54, 1.807) is 24.3 Å². The number of carbonyl (C=O) groups is 3. The predicted molar refractivity (Wildman–Crippen MR) is 87.3 cm³/mol. The average Bonchev–Trinajstić information content (AvgIpc) is 3.01. The maximum atomic E-state index is 11.9. The van der Waals surface area contributed by atoms with E-state index in [9.17, 15) is 14.4 Å². The van der Waals surface area contributed by atoms with E-state index < -0.39 is 24.4 Å². The third-order valence-electron chi connectivity index (χ3n) is 2.73. The van der Waals surface area contributed by atoms with Crippen LogP contribution in [0.5, 0.6) is 0 Å². The zero-order chi connectivity index (χ0) is 16.8. The topological polar surface area (TPSA) is 98.5 Å².